The topological polar surface area (TPSA) is 82.9 Å². The molecule has 1 heterocycles. The average Bonchev–Trinajstić information content (AvgIpc) is 2.82. The number of rotatable bonds is 7. The number of anilines is 1. The van der Waals surface area contributed by atoms with Crippen LogP contribution in [0.5, 0.6) is 5.75 Å². The Morgan fingerprint density at radius 3 is 2.30 bits per heavy atom. The van der Waals surface area contributed by atoms with E-state index in [2.05, 4.69) is 68.3 Å². The molecule has 1 aliphatic rings. The summed E-state index contributed by atoms with van der Waals surface area (Å²) < 4.78 is 12.0. The number of amides is 1. The SMILES string of the molecule is CCOC(=O)COc1c(I)cc(/C=C(/C#N)C(=O)N2CCN(c3ccccc3)CC2)cc1I. The number of para-hydroxylation sites is 1. The summed E-state index contributed by atoms with van der Waals surface area (Å²) in [5.41, 5.74) is 1.95. The van der Waals surface area contributed by atoms with Gasteiger partial charge in [0.25, 0.3) is 5.91 Å². The lowest BCUT2D eigenvalue weighted by Gasteiger charge is -2.36. The minimum Gasteiger partial charge on any atom is -0.480 e. The molecule has 0 atom stereocenters. The van der Waals surface area contributed by atoms with Gasteiger partial charge < -0.3 is 19.3 Å². The van der Waals surface area contributed by atoms with E-state index < -0.39 is 5.97 Å². The van der Waals surface area contributed by atoms with E-state index in [9.17, 15) is 14.9 Å². The van der Waals surface area contributed by atoms with Crippen molar-refractivity contribution in [3.63, 3.8) is 0 Å². The quantitative estimate of drug-likeness (QED) is 0.191. The number of esters is 1. The molecule has 0 N–H and O–H groups in total. The van der Waals surface area contributed by atoms with Crippen LogP contribution < -0.4 is 9.64 Å². The van der Waals surface area contributed by atoms with E-state index in [-0.39, 0.29) is 18.1 Å². The molecule has 1 fully saturated rings. The van der Waals surface area contributed by atoms with Crippen LogP contribution in [0.15, 0.2) is 48.0 Å². The summed E-state index contributed by atoms with van der Waals surface area (Å²) in [7, 11) is 0. The van der Waals surface area contributed by atoms with E-state index in [1.54, 1.807) is 17.9 Å². The van der Waals surface area contributed by atoms with Gasteiger partial charge in [0.2, 0.25) is 0 Å². The van der Waals surface area contributed by atoms with Gasteiger partial charge in [-0.3, -0.25) is 4.79 Å². The van der Waals surface area contributed by atoms with Crippen LogP contribution in [-0.4, -0.2) is 56.2 Å². The molecule has 0 aromatic heterocycles. The maximum Gasteiger partial charge on any atom is 0.344 e. The molecule has 9 heteroatoms. The zero-order valence-electron chi connectivity index (χ0n) is 18.1. The van der Waals surface area contributed by atoms with E-state index in [0.29, 0.717) is 25.4 Å². The van der Waals surface area contributed by atoms with Gasteiger partial charge in [0.15, 0.2) is 6.61 Å². The summed E-state index contributed by atoms with van der Waals surface area (Å²) in [5.74, 6) is -0.126. The van der Waals surface area contributed by atoms with Gasteiger partial charge in [-0.05, 0) is 88.0 Å². The second-order valence-electron chi connectivity index (χ2n) is 7.19. The van der Waals surface area contributed by atoms with Crippen LogP contribution in [0, 0.1) is 18.5 Å². The highest BCUT2D eigenvalue weighted by Crippen LogP contribution is 2.30. The van der Waals surface area contributed by atoms with Crippen LogP contribution in [0.3, 0.4) is 0 Å². The molecule has 0 bridgehead atoms. The zero-order valence-corrected chi connectivity index (χ0v) is 22.4. The van der Waals surface area contributed by atoms with Gasteiger partial charge in [-0.15, -0.1) is 0 Å². The highest BCUT2D eigenvalue weighted by Gasteiger charge is 2.24. The van der Waals surface area contributed by atoms with Crippen LogP contribution >= 0.6 is 45.2 Å². The maximum absolute atomic E-state index is 13.0. The molecule has 1 amide bonds. The molecular formula is C24H23I2N3O4. The minimum atomic E-state index is -0.433. The molecule has 2 aromatic carbocycles. The number of benzene rings is 2. The highest BCUT2D eigenvalue weighted by atomic mass is 127. The molecule has 0 saturated carbocycles. The average molecular weight is 671 g/mol. The largest absolute Gasteiger partial charge is 0.480 e. The van der Waals surface area contributed by atoms with Gasteiger partial charge >= 0.3 is 5.97 Å². The summed E-state index contributed by atoms with van der Waals surface area (Å²) in [4.78, 5) is 28.5. The Hall–Kier alpha value is -2.33. The van der Waals surface area contributed by atoms with Crippen molar-refractivity contribution in [2.45, 2.75) is 6.92 Å². The number of nitriles is 1. The van der Waals surface area contributed by atoms with Crippen molar-refractivity contribution in [2.75, 3.05) is 44.3 Å². The highest BCUT2D eigenvalue weighted by molar-refractivity contribution is 14.1. The molecule has 0 aliphatic carbocycles. The van der Waals surface area contributed by atoms with Crippen molar-refractivity contribution in [3.8, 4) is 11.8 Å². The fourth-order valence-corrected chi connectivity index (χ4v) is 5.55. The summed E-state index contributed by atoms with van der Waals surface area (Å²) in [5, 5.41) is 9.65. The fourth-order valence-electron chi connectivity index (χ4n) is 3.42. The summed E-state index contributed by atoms with van der Waals surface area (Å²) >= 11 is 4.22. The van der Waals surface area contributed by atoms with E-state index >= 15 is 0 Å². The number of ether oxygens (including phenoxy) is 2. The van der Waals surface area contributed by atoms with Crippen LogP contribution in [-0.2, 0) is 14.3 Å². The Bertz CT molecular complexity index is 1050. The number of halogens is 2. The van der Waals surface area contributed by atoms with E-state index in [1.807, 2.05) is 30.3 Å². The number of hydrogen-bond donors (Lipinski definition) is 0. The predicted octanol–water partition coefficient (Wildman–Crippen LogP) is 4.09. The maximum atomic E-state index is 13.0. The first-order valence-corrected chi connectivity index (χ1v) is 12.6. The lowest BCUT2D eigenvalue weighted by molar-refractivity contribution is -0.145. The lowest BCUT2D eigenvalue weighted by atomic mass is 10.1. The molecule has 0 unspecified atom stereocenters. The molecule has 1 aliphatic heterocycles. The second-order valence-corrected chi connectivity index (χ2v) is 9.52. The Labute approximate surface area is 220 Å². The van der Waals surface area contributed by atoms with Crippen molar-refractivity contribution in [2.24, 2.45) is 0 Å². The van der Waals surface area contributed by atoms with Gasteiger partial charge in [-0.2, -0.15) is 5.26 Å². The van der Waals surface area contributed by atoms with Gasteiger partial charge in [0.05, 0.1) is 13.7 Å². The van der Waals surface area contributed by atoms with E-state index in [0.717, 1.165) is 31.5 Å². The minimum absolute atomic E-state index is 0.0925. The van der Waals surface area contributed by atoms with Gasteiger partial charge in [-0.25, -0.2) is 4.79 Å². The lowest BCUT2D eigenvalue weighted by Crippen LogP contribution is -2.49. The summed E-state index contributed by atoms with van der Waals surface area (Å²) in [6.07, 6.45) is 1.60. The van der Waals surface area contributed by atoms with Gasteiger partial charge in [0.1, 0.15) is 17.4 Å². The number of hydrogen-bond acceptors (Lipinski definition) is 6. The third-order valence-corrected chi connectivity index (χ3v) is 6.61. The third-order valence-electron chi connectivity index (χ3n) is 5.01. The van der Waals surface area contributed by atoms with Crippen LogP contribution in [0.25, 0.3) is 6.08 Å². The first-order chi connectivity index (χ1) is 15.9. The number of piperazine rings is 1. The van der Waals surface area contributed by atoms with Crippen molar-refractivity contribution in [1.82, 2.24) is 4.90 Å². The standard InChI is InChI=1S/C24H23I2N3O4/c1-2-32-22(30)16-33-23-20(25)13-17(14-21(23)26)12-18(15-27)24(31)29-10-8-28(9-11-29)19-6-4-3-5-7-19/h3-7,12-14H,2,8-11,16H2,1H3/b18-12-. The summed E-state index contributed by atoms with van der Waals surface area (Å²) in [6.45, 7) is 4.42. The number of nitrogens with zero attached hydrogens (tertiary/aromatic N) is 3. The summed E-state index contributed by atoms with van der Waals surface area (Å²) in [6, 6.07) is 15.8. The monoisotopic (exact) mass is 671 g/mol. The predicted molar refractivity (Wildman–Crippen MR) is 143 cm³/mol. The molecule has 0 spiro atoms. The van der Waals surface area contributed by atoms with Gasteiger partial charge in [0, 0.05) is 31.9 Å². The molecule has 3 rings (SSSR count). The molecular weight excluding hydrogens is 648 g/mol. The van der Waals surface area contributed by atoms with Crippen molar-refractivity contribution in [3.05, 3.63) is 60.7 Å². The third kappa shape index (κ3) is 6.83. The molecule has 2 aromatic rings. The number of carbonyl (C=O) groups is 2. The number of carbonyl (C=O) groups excluding carboxylic acids is 2. The molecule has 0 radical (unpaired) electrons. The Balaban J connectivity index is 1.68. The Morgan fingerprint density at radius 2 is 1.73 bits per heavy atom. The molecule has 33 heavy (non-hydrogen) atoms. The molecule has 7 nitrogen and oxygen atoms in total. The zero-order chi connectivity index (χ0) is 23.8. The van der Waals surface area contributed by atoms with Gasteiger partial charge in [-0.1, -0.05) is 18.2 Å². The first kappa shape index (κ1) is 25.3. The van der Waals surface area contributed by atoms with Crippen molar-refractivity contribution in [1.29, 1.82) is 5.26 Å². The van der Waals surface area contributed by atoms with Crippen molar-refractivity contribution >= 4 is 68.8 Å². The molecule has 172 valence electrons. The Kier molecular flexibility index (Phi) is 9.37. The molecule has 1 saturated heterocycles. The normalized spacial score (nSPS) is 13.9. The van der Waals surface area contributed by atoms with Crippen LogP contribution in [0.4, 0.5) is 5.69 Å². The van der Waals surface area contributed by atoms with Crippen LogP contribution in [0.1, 0.15) is 12.5 Å². The van der Waals surface area contributed by atoms with E-state index in [4.69, 9.17) is 9.47 Å². The van der Waals surface area contributed by atoms with Crippen molar-refractivity contribution < 1.29 is 19.1 Å². The van der Waals surface area contributed by atoms with Crippen LogP contribution in [0.2, 0.25) is 0 Å². The fraction of sp³-hybridized carbons (Fsp3) is 0.292. The first-order valence-electron chi connectivity index (χ1n) is 10.4. The Morgan fingerprint density at radius 1 is 1.09 bits per heavy atom. The van der Waals surface area contributed by atoms with E-state index in [1.165, 1.54) is 0 Å². The smallest absolute Gasteiger partial charge is 0.344 e. The second kappa shape index (κ2) is 12.2.